The molecule has 0 fully saturated rings. The Morgan fingerprint density at radius 3 is 2.50 bits per heavy atom. The first kappa shape index (κ1) is 10.8. The van der Waals surface area contributed by atoms with E-state index in [-0.39, 0.29) is 5.97 Å². The molecule has 2 nitrogen and oxygen atoms in total. The van der Waals surface area contributed by atoms with Crippen molar-refractivity contribution in [1.29, 1.82) is 0 Å². The van der Waals surface area contributed by atoms with Crippen LogP contribution in [0.4, 0.5) is 0 Å². The lowest BCUT2D eigenvalue weighted by molar-refractivity contribution is 0.0600. The lowest BCUT2D eigenvalue weighted by atomic mass is 10.0. The third-order valence-corrected chi connectivity index (χ3v) is 2.20. The number of carbonyl (C=O) groups excluding carboxylic acids is 1. The van der Waals surface area contributed by atoms with Gasteiger partial charge in [0.15, 0.2) is 0 Å². The molecule has 0 radical (unpaired) electrons. The summed E-state index contributed by atoms with van der Waals surface area (Å²) < 4.78 is 4.65. The van der Waals surface area contributed by atoms with Crippen molar-refractivity contribution >= 4 is 23.1 Å². The van der Waals surface area contributed by atoms with Crippen LogP contribution in [-0.2, 0) is 4.74 Å². The van der Waals surface area contributed by atoms with Crippen molar-refractivity contribution in [1.82, 2.24) is 0 Å². The molecule has 0 N–H and O–H groups in total. The summed E-state index contributed by atoms with van der Waals surface area (Å²) in [6, 6.07) is 7.10. The van der Waals surface area contributed by atoms with Gasteiger partial charge in [-0.25, -0.2) is 4.79 Å². The first-order valence-corrected chi connectivity index (χ1v) is 4.65. The summed E-state index contributed by atoms with van der Waals surface area (Å²) in [7, 11) is 1.35. The largest absolute Gasteiger partial charge is 0.465 e. The van der Waals surface area contributed by atoms with Crippen LogP contribution >= 0.6 is 11.6 Å². The summed E-state index contributed by atoms with van der Waals surface area (Å²) in [5.41, 5.74) is 1.96. The minimum absolute atomic E-state index is 0.300. The summed E-state index contributed by atoms with van der Waals surface area (Å²) in [5, 5.41) is 0. The van der Waals surface area contributed by atoms with E-state index < -0.39 is 0 Å². The molecule has 3 heteroatoms. The van der Waals surface area contributed by atoms with Crippen LogP contribution in [0.15, 0.2) is 30.8 Å². The van der Waals surface area contributed by atoms with Gasteiger partial charge < -0.3 is 4.74 Å². The first-order valence-electron chi connectivity index (χ1n) is 4.12. The zero-order valence-electron chi connectivity index (χ0n) is 7.92. The van der Waals surface area contributed by atoms with Crippen LogP contribution in [0, 0.1) is 0 Å². The third-order valence-electron chi connectivity index (χ3n) is 1.87. The van der Waals surface area contributed by atoms with Gasteiger partial charge in [-0.3, -0.25) is 0 Å². The van der Waals surface area contributed by atoms with Crippen LogP contribution < -0.4 is 0 Å². The van der Waals surface area contributed by atoms with Crippen LogP contribution in [0.3, 0.4) is 0 Å². The summed E-state index contributed by atoms with van der Waals surface area (Å²) >= 11 is 5.65. The number of hydrogen-bond donors (Lipinski definition) is 0. The van der Waals surface area contributed by atoms with Crippen LogP contribution in [0.25, 0.3) is 5.57 Å². The van der Waals surface area contributed by atoms with E-state index in [1.54, 1.807) is 18.2 Å². The predicted molar refractivity (Wildman–Crippen MR) is 57.5 cm³/mol. The number of ether oxygens (including phenoxy) is 1. The molecule has 0 bridgehead atoms. The molecule has 14 heavy (non-hydrogen) atoms. The molecule has 0 aliphatic rings. The number of hydrogen-bond acceptors (Lipinski definition) is 2. The lowest BCUT2D eigenvalue weighted by Crippen LogP contribution is -2.05. The molecule has 1 aromatic rings. The van der Waals surface area contributed by atoms with Gasteiger partial charge in [0.1, 0.15) is 0 Å². The molecule has 0 saturated heterocycles. The fourth-order valence-electron chi connectivity index (χ4n) is 1.15. The smallest absolute Gasteiger partial charge is 0.338 e. The number of benzene rings is 1. The van der Waals surface area contributed by atoms with Crippen molar-refractivity contribution in [2.45, 2.75) is 0 Å². The number of halogens is 1. The van der Waals surface area contributed by atoms with Crippen molar-refractivity contribution in [2.24, 2.45) is 0 Å². The minimum Gasteiger partial charge on any atom is -0.465 e. The van der Waals surface area contributed by atoms with Crippen LogP contribution in [0.2, 0.25) is 0 Å². The second kappa shape index (κ2) is 4.82. The highest BCUT2D eigenvalue weighted by atomic mass is 35.5. The predicted octanol–water partition coefficient (Wildman–Crippen LogP) is 2.73. The molecule has 1 rings (SSSR count). The molecule has 0 saturated carbocycles. The number of allylic oxidation sites excluding steroid dienone is 1. The maximum absolute atomic E-state index is 11.3. The van der Waals surface area contributed by atoms with Gasteiger partial charge in [0.2, 0.25) is 0 Å². The van der Waals surface area contributed by atoms with Gasteiger partial charge in [-0.1, -0.05) is 24.8 Å². The van der Waals surface area contributed by atoms with Crippen molar-refractivity contribution in [3.63, 3.8) is 0 Å². The second-order valence-electron chi connectivity index (χ2n) is 2.77. The van der Waals surface area contributed by atoms with E-state index in [9.17, 15) is 4.79 Å². The Bertz CT molecular complexity index is 323. The van der Waals surface area contributed by atoms with E-state index in [2.05, 4.69) is 11.3 Å². The number of carbonyl (C=O) groups is 1. The quantitative estimate of drug-likeness (QED) is 0.567. The normalized spacial score (nSPS) is 9.57. The molecule has 1 aromatic carbocycles. The lowest BCUT2D eigenvalue weighted by Gasteiger charge is -2.07. The molecule has 0 aliphatic carbocycles. The van der Waals surface area contributed by atoms with Gasteiger partial charge in [0, 0.05) is 5.88 Å². The molecule has 0 heterocycles. The van der Waals surface area contributed by atoms with Crippen molar-refractivity contribution in [3.8, 4) is 0 Å². The monoisotopic (exact) mass is 210 g/mol. The molecular formula is C11H11ClO2. The Kier molecular flexibility index (Phi) is 3.72. The molecule has 0 aliphatic heterocycles. The van der Waals surface area contributed by atoms with Crippen molar-refractivity contribution in [3.05, 3.63) is 42.0 Å². The third kappa shape index (κ3) is 2.15. The molecule has 0 spiro atoms. The van der Waals surface area contributed by atoms with E-state index in [1.165, 1.54) is 7.11 Å². The van der Waals surface area contributed by atoms with Gasteiger partial charge in [-0.05, 0) is 17.2 Å². The van der Waals surface area contributed by atoms with E-state index in [4.69, 9.17) is 11.6 Å². The van der Waals surface area contributed by atoms with E-state index in [0.29, 0.717) is 17.0 Å². The van der Waals surface area contributed by atoms with Gasteiger partial charge >= 0.3 is 5.97 Å². The molecular weight excluding hydrogens is 200 g/mol. The summed E-state index contributed by atoms with van der Waals surface area (Å²) in [6.45, 7) is 3.78. The topological polar surface area (TPSA) is 26.3 Å². The Morgan fingerprint density at radius 1 is 1.43 bits per heavy atom. The van der Waals surface area contributed by atoms with Crippen molar-refractivity contribution in [2.75, 3.05) is 13.0 Å². The van der Waals surface area contributed by atoms with E-state index >= 15 is 0 Å². The fraction of sp³-hybridized carbons (Fsp3) is 0.182. The summed E-state index contributed by atoms with van der Waals surface area (Å²) in [5.74, 6) is -0.0690. The van der Waals surface area contributed by atoms with E-state index in [0.717, 1.165) is 5.56 Å². The molecule has 0 atom stereocenters. The number of alkyl halides is 1. The maximum atomic E-state index is 11.3. The van der Waals surface area contributed by atoms with Crippen LogP contribution in [-0.4, -0.2) is 19.0 Å². The maximum Gasteiger partial charge on any atom is 0.338 e. The Morgan fingerprint density at radius 2 is 2.00 bits per heavy atom. The highest BCUT2D eigenvalue weighted by molar-refractivity contribution is 6.23. The highest BCUT2D eigenvalue weighted by Crippen LogP contribution is 2.19. The summed E-state index contributed by atoms with van der Waals surface area (Å²) in [4.78, 5) is 11.3. The van der Waals surface area contributed by atoms with Gasteiger partial charge in [-0.15, -0.1) is 11.6 Å². The standard InChI is InChI=1S/C11H11ClO2/c1-8(7-12)9-5-3-4-6-10(9)11(13)14-2/h3-6H,1,7H2,2H3. The molecule has 74 valence electrons. The Labute approximate surface area is 88.1 Å². The minimum atomic E-state index is -0.369. The summed E-state index contributed by atoms with van der Waals surface area (Å²) in [6.07, 6.45) is 0. The second-order valence-corrected chi connectivity index (χ2v) is 3.04. The number of rotatable bonds is 3. The zero-order valence-corrected chi connectivity index (χ0v) is 8.67. The number of methoxy groups -OCH3 is 1. The van der Waals surface area contributed by atoms with Crippen LogP contribution in [0.5, 0.6) is 0 Å². The van der Waals surface area contributed by atoms with Crippen molar-refractivity contribution < 1.29 is 9.53 Å². The van der Waals surface area contributed by atoms with Gasteiger partial charge in [0.05, 0.1) is 12.7 Å². The molecule has 0 unspecified atom stereocenters. The van der Waals surface area contributed by atoms with Gasteiger partial charge in [0.25, 0.3) is 0 Å². The Balaban J connectivity index is 3.15. The zero-order chi connectivity index (χ0) is 10.6. The fourth-order valence-corrected chi connectivity index (χ4v) is 1.30. The van der Waals surface area contributed by atoms with E-state index in [1.807, 2.05) is 6.07 Å². The van der Waals surface area contributed by atoms with Gasteiger partial charge in [-0.2, -0.15) is 0 Å². The molecule has 0 aromatic heterocycles. The number of esters is 1. The average molecular weight is 211 g/mol. The van der Waals surface area contributed by atoms with Crippen LogP contribution in [0.1, 0.15) is 15.9 Å². The molecule has 0 amide bonds. The first-order chi connectivity index (χ1) is 6.70. The highest BCUT2D eigenvalue weighted by Gasteiger charge is 2.11. The SMILES string of the molecule is C=C(CCl)c1ccccc1C(=O)OC. The average Bonchev–Trinajstić information content (AvgIpc) is 2.27. The Hall–Kier alpha value is -1.28.